The molecule has 1 aromatic heterocycles. The van der Waals surface area contributed by atoms with Crippen LogP contribution < -0.4 is 5.56 Å². The van der Waals surface area contributed by atoms with E-state index in [0.717, 1.165) is 5.69 Å². The first-order valence-corrected chi connectivity index (χ1v) is 7.79. The van der Waals surface area contributed by atoms with Gasteiger partial charge < -0.3 is 4.98 Å². The summed E-state index contributed by atoms with van der Waals surface area (Å²) in [5.41, 5.74) is 1.98. The maximum Gasteiger partial charge on any atom is 0.255 e. The molecule has 0 saturated carbocycles. The van der Waals surface area contributed by atoms with Crippen molar-refractivity contribution < 1.29 is 4.79 Å². The van der Waals surface area contributed by atoms with Crippen molar-refractivity contribution in [2.75, 3.05) is 5.75 Å². The van der Waals surface area contributed by atoms with Gasteiger partial charge in [0.2, 0.25) is 0 Å². The van der Waals surface area contributed by atoms with E-state index in [1.165, 1.54) is 11.8 Å². The molecule has 0 aliphatic heterocycles. The molecule has 0 aliphatic carbocycles. The van der Waals surface area contributed by atoms with Crippen molar-refractivity contribution >= 4 is 17.5 Å². The number of nitrogens with one attached hydrogen (secondary N) is 1. The SMILES string of the molecule is Cc1nc(SCC(=O)c2ccccc2)[nH]c(=O)c1C(C)C. The molecule has 0 atom stereocenters. The molecule has 0 amide bonds. The van der Waals surface area contributed by atoms with Crippen molar-refractivity contribution in [3.8, 4) is 0 Å². The number of aryl methyl sites for hydroxylation is 1. The van der Waals surface area contributed by atoms with Gasteiger partial charge in [0, 0.05) is 16.8 Å². The number of nitrogens with zero attached hydrogens (tertiary/aromatic N) is 1. The van der Waals surface area contributed by atoms with E-state index < -0.39 is 0 Å². The number of aromatic nitrogens is 2. The molecule has 0 aliphatic rings. The van der Waals surface area contributed by atoms with Crippen molar-refractivity contribution in [1.29, 1.82) is 0 Å². The third-order valence-corrected chi connectivity index (χ3v) is 4.01. The number of Topliss-reactive ketones (excluding diaryl/α,β-unsaturated/α-hetero) is 1. The van der Waals surface area contributed by atoms with Crippen LogP contribution in [0, 0.1) is 6.92 Å². The van der Waals surface area contributed by atoms with E-state index in [1.807, 2.05) is 39.0 Å². The normalized spacial score (nSPS) is 10.9. The summed E-state index contributed by atoms with van der Waals surface area (Å²) < 4.78 is 0. The van der Waals surface area contributed by atoms with Gasteiger partial charge in [-0.05, 0) is 12.8 Å². The first-order chi connectivity index (χ1) is 9.99. The molecule has 1 aromatic carbocycles. The number of benzene rings is 1. The molecule has 4 nitrogen and oxygen atoms in total. The monoisotopic (exact) mass is 302 g/mol. The fraction of sp³-hybridized carbons (Fsp3) is 0.312. The van der Waals surface area contributed by atoms with Gasteiger partial charge in [0.25, 0.3) is 5.56 Å². The number of aromatic amines is 1. The Balaban J connectivity index is 2.11. The summed E-state index contributed by atoms with van der Waals surface area (Å²) >= 11 is 1.26. The lowest BCUT2D eigenvalue weighted by molar-refractivity contribution is 0.102. The summed E-state index contributed by atoms with van der Waals surface area (Å²) in [7, 11) is 0. The van der Waals surface area contributed by atoms with Crippen LogP contribution in [0.25, 0.3) is 0 Å². The number of hydrogen-bond donors (Lipinski definition) is 1. The van der Waals surface area contributed by atoms with Crippen molar-refractivity contribution in [2.24, 2.45) is 0 Å². The Kier molecular flexibility index (Phi) is 4.96. The molecule has 5 heteroatoms. The second kappa shape index (κ2) is 6.72. The summed E-state index contributed by atoms with van der Waals surface area (Å²) in [5, 5.41) is 0.492. The molecule has 0 bridgehead atoms. The number of carbonyl (C=O) groups excluding carboxylic acids is 1. The van der Waals surface area contributed by atoms with E-state index in [1.54, 1.807) is 12.1 Å². The molecule has 1 heterocycles. The van der Waals surface area contributed by atoms with Crippen LogP contribution in [-0.4, -0.2) is 21.5 Å². The molecule has 0 radical (unpaired) electrons. The van der Waals surface area contributed by atoms with Gasteiger partial charge in [-0.1, -0.05) is 55.9 Å². The van der Waals surface area contributed by atoms with Crippen molar-refractivity contribution in [3.63, 3.8) is 0 Å². The van der Waals surface area contributed by atoms with Crippen LogP contribution in [0.2, 0.25) is 0 Å². The van der Waals surface area contributed by atoms with Crippen LogP contribution >= 0.6 is 11.8 Å². The average Bonchev–Trinajstić information content (AvgIpc) is 2.44. The molecular weight excluding hydrogens is 284 g/mol. The van der Waals surface area contributed by atoms with Crippen molar-refractivity contribution in [1.82, 2.24) is 9.97 Å². The minimum Gasteiger partial charge on any atom is -0.301 e. The summed E-state index contributed by atoms with van der Waals surface area (Å²) in [6, 6.07) is 9.11. The Labute approximate surface area is 128 Å². The first-order valence-electron chi connectivity index (χ1n) is 6.81. The summed E-state index contributed by atoms with van der Waals surface area (Å²) in [6.07, 6.45) is 0. The molecule has 1 N–H and O–H groups in total. The lowest BCUT2D eigenvalue weighted by Gasteiger charge is -2.09. The highest BCUT2D eigenvalue weighted by Crippen LogP contribution is 2.18. The number of hydrogen-bond acceptors (Lipinski definition) is 4. The average molecular weight is 302 g/mol. The van der Waals surface area contributed by atoms with Crippen LogP contribution in [0.5, 0.6) is 0 Å². The zero-order chi connectivity index (χ0) is 15.4. The zero-order valence-corrected chi connectivity index (χ0v) is 13.2. The molecule has 2 aromatic rings. The minimum atomic E-state index is -0.118. The van der Waals surface area contributed by atoms with E-state index in [2.05, 4.69) is 9.97 Å². The second-order valence-electron chi connectivity index (χ2n) is 5.10. The summed E-state index contributed by atoms with van der Waals surface area (Å²) in [6.45, 7) is 5.75. The maximum atomic E-state index is 12.0. The Morgan fingerprint density at radius 3 is 2.52 bits per heavy atom. The standard InChI is InChI=1S/C16H18N2O2S/c1-10(2)14-11(3)17-16(18-15(14)20)21-9-13(19)12-7-5-4-6-8-12/h4-8,10H,9H2,1-3H3,(H,17,18,20). The van der Waals surface area contributed by atoms with Crippen molar-refractivity contribution in [2.45, 2.75) is 31.8 Å². The molecule has 0 saturated heterocycles. The smallest absolute Gasteiger partial charge is 0.255 e. The van der Waals surface area contributed by atoms with E-state index in [9.17, 15) is 9.59 Å². The number of ketones is 1. The lowest BCUT2D eigenvalue weighted by atomic mass is 10.0. The van der Waals surface area contributed by atoms with Gasteiger partial charge in [-0.2, -0.15) is 0 Å². The largest absolute Gasteiger partial charge is 0.301 e. The zero-order valence-electron chi connectivity index (χ0n) is 12.3. The molecule has 21 heavy (non-hydrogen) atoms. The van der Waals surface area contributed by atoms with E-state index >= 15 is 0 Å². The van der Waals surface area contributed by atoms with Gasteiger partial charge >= 0.3 is 0 Å². The van der Waals surface area contributed by atoms with Crippen LogP contribution in [0.1, 0.15) is 41.4 Å². The topological polar surface area (TPSA) is 62.8 Å². The van der Waals surface area contributed by atoms with Crippen LogP contribution in [0.15, 0.2) is 40.3 Å². The molecule has 2 rings (SSSR count). The molecule has 0 unspecified atom stereocenters. The fourth-order valence-electron chi connectivity index (χ4n) is 2.16. The van der Waals surface area contributed by atoms with E-state index in [-0.39, 0.29) is 23.0 Å². The Hall–Kier alpha value is -1.88. The third-order valence-electron chi connectivity index (χ3n) is 3.14. The van der Waals surface area contributed by atoms with Gasteiger partial charge in [0.15, 0.2) is 10.9 Å². The van der Waals surface area contributed by atoms with Crippen molar-refractivity contribution in [3.05, 3.63) is 57.5 Å². The third kappa shape index (κ3) is 3.82. The number of rotatable bonds is 5. The highest BCUT2D eigenvalue weighted by molar-refractivity contribution is 7.99. The van der Waals surface area contributed by atoms with Gasteiger partial charge in [0.05, 0.1) is 5.75 Å². The predicted molar refractivity (Wildman–Crippen MR) is 85.2 cm³/mol. The lowest BCUT2D eigenvalue weighted by Crippen LogP contribution is -2.18. The molecular formula is C16H18N2O2S. The fourth-order valence-corrected chi connectivity index (χ4v) is 2.96. The summed E-state index contributed by atoms with van der Waals surface area (Å²) in [4.78, 5) is 31.2. The summed E-state index contributed by atoms with van der Waals surface area (Å²) in [5.74, 6) is 0.410. The minimum absolute atomic E-state index is 0.0221. The van der Waals surface area contributed by atoms with Gasteiger partial charge in [-0.25, -0.2) is 4.98 Å². The van der Waals surface area contributed by atoms with Gasteiger partial charge in [-0.3, -0.25) is 9.59 Å². The Morgan fingerprint density at radius 2 is 1.95 bits per heavy atom. The van der Waals surface area contributed by atoms with Crippen LogP contribution in [0.3, 0.4) is 0 Å². The first kappa shape index (κ1) is 15.5. The number of carbonyl (C=O) groups is 1. The van der Waals surface area contributed by atoms with Gasteiger partial charge in [0.1, 0.15) is 0 Å². The second-order valence-corrected chi connectivity index (χ2v) is 6.07. The molecule has 0 fully saturated rings. The Morgan fingerprint density at radius 1 is 1.29 bits per heavy atom. The quantitative estimate of drug-likeness (QED) is 0.523. The van der Waals surface area contributed by atoms with Crippen LogP contribution in [0.4, 0.5) is 0 Å². The molecule has 0 spiro atoms. The highest BCUT2D eigenvalue weighted by Gasteiger charge is 2.13. The van der Waals surface area contributed by atoms with E-state index in [4.69, 9.17) is 0 Å². The number of H-pyrrole nitrogens is 1. The Bertz CT molecular complexity index is 693. The number of thioether (sulfide) groups is 1. The maximum absolute atomic E-state index is 12.0. The molecule has 110 valence electrons. The predicted octanol–water partition coefficient (Wildman–Crippen LogP) is 3.18. The van der Waals surface area contributed by atoms with Gasteiger partial charge in [-0.15, -0.1) is 0 Å². The van der Waals surface area contributed by atoms with Crippen LogP contribution in [-0.2, 0) is 0 Å². The van der Waals surface area contributed by atoms with E-state index in [0.29, 0.717) is 16.3 Å². The highest BCUT2D eigenvalue weighted by atomic mass is 32.2.